The van der Waals surface area contributed by atoms with Crippen molar-refractivity contribution in [2.75, 3.05) is 13.2 Å². The fourth-order valence-corrected chi connectivity index (χ4v) is 6.88. The van der Waals surface area contributed by atoms with Gasteiger partial charge in [-0.2, -0.15) is 0 Å². The third-order valence-corrected chi connectivity index (χ3v) is 9.18. The summed E-state index contributed by atoms with van der Waals surface area (Å²) in [7, 11) is 0. The van der Waals surface area contributed by atoms with Crippen molar-refractivity contribution < 1.29 is 101 Å². The molecule has 1 aliphatic carbocycles. The number of carbonyl (C=O) groups excluding carboxylic acids is 8. The van der Waals surface area contributed by atoms with Crippen LogP contribution in [0.25, 0.3) is 0 Å². The second kappa shape index (κ2) is 20.7. The van der Waals surface area contributed by atoms with Gasteiger partial charge in [0.25, 0.3) is 0 Å². The zero-order chi connectivity index (χ0) is 45.5. The molecular weight excluding hydrogens is 816 g/mol. The highest BCUT2D eigenvalue weighted by molar-refractivity contribution is 6.27. The number of carbonyl (C=O) groups is 8. The Kier molecular flexibility index (Phi) is 16.3. The van der Waals surface area contributed by atoms with Crippen molar-refractivity contribution in [1.29, 1.82) is 0 Å². The number of allylic oxidation sites excluding steroid dienone is 2. The predicted octanol–water partition coefficient (Wildman–Crippen LogP) is 1.19. The first-order chi connectivity index (χ1) is 28.6. The van der Waals surface area contributed by atoms with Gasteiger partial charge in [0.1, 0.15) is 36.4 Å². The molecule has 0 bridgehead atoms. The maximum atomic E-state index is 13.9. The highest BCUT2D eigenvalue weighted by Gasteiger charge is 2.58. The molecular formula is C40H48O21. The van der Waals surface area contributed by atoms with Crippen LogP contribution in [-0.2, 0) is 76.1 Å². The summed E-state index contributed by atoms with van der Waals surface area (Å²) in [5.41, 5.74) is -0.533. The summed E-state index contributed by atoms with van der Waals surface area (Å²) in [5.74, 6) is -8.51. The molecule has 3 aliphatic rings. The highest BCUT2D eigenvalue weighted by atomic mass is 16.8. The standard InChI is InChI=1S/C40H48O21/c1-16(2)9-12-27(23-13-26(50)30-24(48)10-11-25(49)31(30)32(23)51)58-39-37(56-21(7)46)35(54-19(5)44)33(28(14-41)59-39)61-40-38(57-22(8)47)36(55-20(6)45)34(53-18(4)43)29(60-40)15-52-17(3)42/h9-11,13,27-29,33-41,48-49H,12,14-15H2,1-8H3/t27-,28-,29-,33-,34-,35+,36+,37-,38-,39-,40+/m1/s1. The molecule has 0 radical (unpaired) electrons. The maximum Gasteiger partial charge on any atom is 0.303 e. The van der Waals surface area contributed by atoms with Gasteiger partial charge in [-0.1, -0.05) is 11.6 Å². The minimum atomic E-state index is -1.90. The number of hydrogen-bond donors (Lipinski definition) is 3. The third kappa shape index (κ3) is 12.0. The van der Waals surface area contributed by atoms with Crippen LogP contribution in [0.2, 0.25) is 0 Å². The number of benzene rings is 1. The first kappa shape index (κ1) is 47.9. The number of aliphatic hydroxyl groups excluding tert-OH is 1. The summed E-state index contributed by atoms with van der Waals surface area (Å²) < 4.78 is 57.4. The fourth-order valence-electron chi connectivity index (χ4n) is 6.88. The lowest BCUT2D eigenvalue weighted by Crippen LogP contribution is -2.67. The van der Waals surface area contributed by atoms with E-state index >= 15 is 0 Å². The number of Topliss-reactive ketones (excluding diaryl/α,β-unsaturated/α-hetero) is 1. The monoisotopic (exact) mass is 864 g/mol. The molecule has 4 rings (SSSR count). The Labute approximate surface area is 348 Å². The van der Waals surface area contributed by atoms with Crippen molar-refractivity contribution in [2.24, 2.45) is 0 Å². The van der Waals surface area contributed by atoms with Crippen LogP contribution in [0.15, 0.2) is 35.4 Å². The molecule has 0 amide bonds. The van der Waals surface area contributed by atoms with Crippen LogP contribution in [0, 0.1) is 0 Å². The number of ether oxygens (including phenoxy) is 10. The van der Waals surface area contributed by atoms with Gasteiger partial charge < -0.3 is 62.7 Å². The number of phenols is 2. The summed E-state index contributed by atoms with van der Waals surface area (Å²) >= 11 is 0. The third-order valence-electron chi connectivity index (χ3n) is 9.18. The van der Waals surface area contributed by atoms with Crippen LogP contribution in [-0.4, -0.2) is 143 Å². The van der Waals surface area contributed by atoms with Crippen LogP contribution in [0.1, 0.15) is 82.5 Å². The van der Waals surface area contributed by atoms with Crippen molar-refractivity contribution in [3.05, 3.63) is 46.6 Å². The van der Waals surface area contributed by atoms with Gasteiger partial charge in [-0.25, -0.2) is 0 Å². The van der Waals surface area contributed by atoms with E-state index < -0.39 is 151 Å². The lowest BCUT2D eigenvalue weighted by molar-refractivity contribution is -0.363. The smallest absolute Gasteiger partial charge is 0.303 e. The Morgan fingerprint density at radius 3 is 1.62 bits per heavy atom. The summed E-state index contributed by atoms with van der Waals surface area (Å²) in [5, 5.41) is 31.7. The number of fused-ring (bicyclic) bond motifs is 1. The minimum absolute atomic E-state index is 0.137. The molecule has 61 heavy (non-hydrogen) atoms. The van der Waals surface area contributed by atoms with Gasteiger partial charge in [-0.3, -0.25) is 38.4 Å². The summed E-state index contributed by atoms with van der Waals surface area (Å²) in [6.07, 6.45) is -16.3. The summed E-state index contributed by atoms with van der Waals surface area (Å²) in [4.78, 5) is 102. The molecule has 2 heterocycles. The number of hydrogen-bond acceptors (Lipinski definition) is 21. The van der Waals surface area contributed by atoms with E-state index in [-0.39, 0.29) is 12.0 Å². The number of phenolic OH excluding ortho intramolecular Hbond substituents is 2. The van der Waals surface area contributed by atoms with E-state index in [1.165, 1.54) is 0 Å². The average molecular weight is 865 g/mol. The number of aromatic hydroxyl groups is 2. The number of ketones is 2. The molecule has 2 saturated heterocycles. The predicted molar refractivity (Wildman–Crippen MR) is 199 cm³/mol. The lowest BCUT2D eigenvalue weighted by atomic mass is 9.85. The Morgan fingerprint density at radius 1 is 0.639 bits per heavy atom. The molecule has 0 spiro atoms. The number of rotatable bonds is 15. The Hall–Kier alpha value is -5.74. The molecule has 0 saturated carbocycles. The average Bonchev–Trinajstić information content (AvgIpc) is 3.15. The lowest BCUT2D eigenvalue weighted by Gasteiger charge is -2.49. The fraction of sp³-hybridized carbons (Fsp3) is 0.550. The van der Waals surface area contributed by atoms with E-state index in [2.05, 4.69) is 0 Å². The maximum absolute atomic E-state index is 13.9. The van der Waals surface area contributed by atoms with E-state index in [1.807, 2.05) is 0 Å². The van der Waals surface area contributed by atoms with Gasteiger partial charge >= 0.3 is 35.8 Å². The van der Waals surface area contributed by atoms with Crippen LogP contribution in [0.3, 0.4) is 0 Å². The first-order valence-electron chi connectivity index (χ1n) is 18.8. The highest BCUT2D eigenvalue weighted by Crippen LogP contribution is 2.39. The second-order valence-corrected chi connectivity index (χ2v) is 14.3. The molecule has 334 valence electrons. The molecule has 21 heteroatoms. The van der Waals surface area contributed by atoms with Crippen LogP contribution in [0.4, 0.5) is 0 Å². The van der Waals surface area contributed by atoms with Gasteiger partial charge in [-0.05, 0) is 38.5 Å². The van der Waals surface area contributed by atoms with E-state index in [9.17, 15) is 53.7 Å². The van der Waals surface area contributed by atoms with Crippen LogP contribution < -0.4 is 0 Å². The minimum Gasteiger partial charge on any atom is -0.507 e. The Balaban J connectivity index is 1.82. The summed E-state index contributed by atoms with van der Waals surface area (Å²) in [6, 6.07) is 2.07. The van der Waals surface area contributed by atoms with Crippen molar-refractivity contribution in [3.8, 4) is 11.5 Å². The van der Waals surface area contributed by atoms with Gasteiger partial charge in [0.05, 0.1) is 23.8 Å². The zero-order valence-electron chi connectivity index (χ0n) is 34.5. The molecule has 11 atom stereocenters. The molecule has 0 aromatic heterocycles. The van der Waals surface area contributed by atoms with Crippen molar-refractivity contribution in [1.82, 2.24) is 0 Å². The molecule has 1 aromatic rings. The topological polar surface area (TPSA) is 290 Å². The van der Waals surface area contributed by atoms with Crippen molar-refractivity contribution in [2.45, 2.75) is 129 Å². The number of esters is 6. The largest absolute Gasteiger partial charge is 0.507 e. The van der Waals surface area contributed by atoms with Crippen molar-refractivity contribution in [3.63, 3.8) is 0 Å². The molecule has 2 aliphatic heterocycles. The van der Waals surface area contributed by atoms with E-state index in [4.69, 9.17) is 47.4 Å². The molecule has 21 nitrogen and oxygen atoms in total. The SMILES string of the molecule is CC(=O)OC[C@H]1O[C@@H](O[C@H]2[C@H](OC(C)=O)[C@@H](OC(C)=O)[C@H](O[C@H](CC=C(C)C)C3=CC(=O)c4c(O)ccc(O)c4C3=O)O[C@@H]2CO)[C@H](OC(C)=O)[C@@H](OC(C)=O)[C@@H]1OC(C)=O. The first-order valence-corrected chi connectivity index (χ1v) is 18.8. The van der Waals surface area contributed by atoms with E-state index in [0.29, 0.717) is 0 Å². The Bertz CT molecular complexity index is 1950. The molecule has 1 aromatic carbocycles. The van der Waals surface area contributed by atoms with Gasteiger partial charge in [0.15, 0.2) is 54.7 Å². The van der Waals surface area contributed by atoms with Gasteiger partial charge in [0, 0.05) is 47.1 Å². The van der Waals surface area contributed by atoms with Gasteiger partial charge in [-0.15, -0.1) is 0 Å². The second-order valence-electron chi connectivity index (χ2n) is 14.3. The molecule has 3 N–H and O–H groups in total. The molecule has 2 fully saturated rings. The van der Waals surface area contributed by atoms with E-state index in [1.54, 1.807) is 19.9 Å². The molecule has 0 unspecified atom stereocenters. The van der Waals surface area contributed by atoms with Gasteiger partial charge in [0.2, 0.25) is 0 Å². The van der Waals surface area contributed by atoms with Crippen LogP contribution >= 0.6 is 0 Å². The number of aliphatic hydroxyl groups is 1. The Morgan fingerprint density at radius 2 is 1.11 bits per heavy atom. The normalized spacial score (nSPS) is 27.6. The zero-order valence-corrected chi connectivity index (χ0v) is 34.5. The van der Waals surface area contributed by atoms with Crippen LogP contribution in [0.5, 0.6) is 11.5 Å². The quantitative estimate of drug-likeness (QED) is 0.0966. The van der Waals surface area contributed by atoms with Crippen molar-refractivity contribution >= 4 is 47.4 Å². The van der Waals surface area contributed by atoms with E-state index in [0.717, 1.165) is 65.3 Å². The summed E-state index contributed by atoms with van der Waals surface area (Å²) in [6.45, 7) is 7.94.